The molecule has 3 amide bonds. The molecule has 0 saturated carbocycles. The minimum atomic E-state index is -0.765. The van der Waals surface area contributed by atoms with E-state index < -0.39 is 11.8 Å². The molecular weight excluding hydrogens is 454 g/mol. The molecule has 0 bridgehead atoms. The smallest absolute Gasteiger partial charge is 0.313 e. The third-order valence-electron chi connectivity index (χ3n) is 6.20. The number of carbonyl (C=O) groups excluding carboxylic acids is 3. The number of fused-ring (bicyclic) bond motifs is 1. The lowest BCUT2D eigenvalue weighted by Gasteiger charge is -2.31. The number of hydrogen-bond donors (Lipinski definition) is 3. The van der Waals surface area contributed by atoms with Gasteiger partial charge in [-0.1, -0.05) is 36.4 Å². The van der Waals surface area contributed by atoms with Gasteiger partial charge in [-0.15, -0.1) is 0 Å². The van der Waals surface area contributed by atoms with E-state index in [2.05, 4.69) is 57.2 Å². The summed E-state index contributed by atoms with van der Waals surface area (Å²) in [6.07, 6.45) is 0.932. The Morgan fingerprint density at radius 3 is 2.28 bits per heavy atom. The van der Waals surface area contributed by atoms with Gasteiger partial charge in [0.05, 0.1) is 6.04 Å². The van der Waals surface area contributed by atoms with Crippen LogP contribution in [0.3, 0.4) is 0 Å². The van der Waals surface area contributed by atoms with Crippen molar-refractivity contribution in [2.75, 3.05) is 47.6 Å². The molecule has 1 unspecified atom stereocenters. The Morgan fingerprint density at radius 1 is 0.889 bits per heavy atom. The minimum absolute atomic E-state index is 0.135. The fraction of sp³-hybridized carbons (Fsp3) is 0.250. The van der Waals surface area contributed by atoms with Crippen LogP contribution < -0.4 is 25.8 Å². The molecule has 3 aromatic carbocycles. The molecule has 1 heterocycles. The van der Waals surface area contributed by atoms with E-state index in [0.29, 0.717) is 11.4 Å². The normalized spacial score (nSPS) is 12.9. The fourth-order valence-electron chi connectivity index (χ4n) is 4.43. The second-order valence-electron chi connectivity index (χ2n) is 9.00. The van der Waals surface area contributed by atoms with Gasteiger partial charge < -0.3 is 25.8 Å². The summed E-state index contributed by atoms with van der Waals surface area (Å²) in [6.45, 7) is 2.51. The van der Waals surface area contributed by atoms with Crippen LogP contribution in [0.4, 0.5) is 22.7 Å². The largest absolute Gasteiger partial charge is 0.378 e. The van der Waals surface area contributed by atoms with E-state index in [-0.39, 0.29) is 18.5 Å². The first-order chi connectivity index (χ1) is 17.3. The molecule has 36 heavy (non-hydrogen) atoms. The number of nitrogens with one attached hydrogen (secondary N) is 3. The summed E-state index contributed by atoms with van der Waals surface area (Å²) in [5.74, 6) is -1.70. The second kappa shape index (κ2) is 10.9. The van der Waals surface area contributed by atoms with E-state index in [1.807, 2.05) is 31.1 Å². The number of benzene rings is 3. The van der Waals surface area contributed by atoms with E-state index >= 15 is 0 Å². The summed E-state index contributed by atoms with van der Waals surface area (Å²) in [5, 5.41) is 8.08. The third kappa shape index (κ3) is 5.83. The van der Waals surface area contributed by atoms with Crippen LogP contribution in [-0.2, 0) is 20.8 Å². The molecule has 0 saturated heterocycles. The van der Waals surface area contributed by atoms with Gasteiger partial charge in [0.2, 0.25) is 5.91 Å². The van der Waals surface area contributed by atoms with Crippen molar-refractivity contribution in [2.45, 2.75) is 19.4 Å². The monoisotopic (exact) mass is 485 g/mol. The lowest BCUT2D eigenvalue weighted by molar-refractivity contribution is -0.136. The molecule has 0 radical (unpaired) electrons. The maximum atomic E-state index is 12.7. The molecule has 8 nitrogen and oxygen atoms in total. The first-order valence-corrected chi connectivity index (χ1v) is 11.9. The highest BCUT2D eigenvalue weighted by atomic mass is 16.2. The van der Waals surface area contributed by atoms with E-state index in [9.17, 15) is 14.4 Å². The molecule has 8 heteroatoms. The zero-order valence-corrected chi connectivity index (χ0v) is 20.7. The number of anilines is 4. The van der Waals surface area contributed by atoms with Gasteiger partial charge in [0.1, 0.15) is 0 Å². The summed E-state index contributed by atoms with van der Waals surface area (Å²) in [4.78, 5) is 41.0. The predicted octanol–water partition coefficient (Wildman–Crippen LogP) is 3.57. The summed E-state index contributed by atoms with van der Waals surface area (Å²) >= 11 is 0. The molecule has 0 spiro atoms. The van der Waals surface area contributed by atoms with Crippen LogP contribution in [0.1, 0.15) is 24.1 Å². The molecule has 0 aliphatic carbocycles. The van der Waals surface area contributed by atoms with E-state index in [1.165, 1.54) is 12.5 Å². The number of para-hydroxylation sites is 1. The predicted molar refractivity (Wildman–Crippen MR) is 143 cm³/mol. The van der Waals surface area contributed by atoms with Crippen LogP contribution in [0.5, 0.6) is 0 Å². The maximum absolute atomic E-state index is 12.7. The van der Waals surface area contributed by atoms with Crippen molar-refractivity contribution in [2.24, 2.45) is 0 Å². The molecule has 186 valence electrons. The van der Waals surface area contributed by atoms with Crippen LogP contribution in [0.15, 0.2) is 72.8 Å². The van der Waals surface area contributed by atoms with Gasteiger partial charge in [-0.05, 0) is 53.9 Å². The molecule has 3 aromatic rings. The van der Waals surface area contributed by atoms with Gasteiger partial charge in [-0.25, -0.2) is 0 Å². The van der Waals surface area contributed by atoms with Gasteiger partial charge in [-0.2, -0.15) is 0 Å². The molecule has 1 atom stereocenters. The Morgan fingerprint density at radius 2 is 1.58 bits per heavy atom. The number of rotatable bonds is 7. The summed E-state index contributed by atoms with van der Waals surface area (Å²) in [5.41, 5.74) is 5.52. The summed E-state index contributed by atoms with van der Waals surface area (Å²) < 4.78 is 0. The Bertz CT molecular complexity index is 1260. The molecule has 3 N–H and O–H groups in total. The summed E-state index contributed by atoms with van der Waals surface area (Å²) in [6, 6.07) is 23.1. The maximum Gasteiger partial charge on any atom is 0.313 e. The van der Waals surface area contributed by atoms with Crippen LogP contribution >= 0.6 is 0 Å². The molecule has 1 aliphatic rings. The van der Waals surface area contributed by atoms with Gasteiger partial charge >= 0.3 is 11.8 Å². The first-order valence-electron chi connectivity index (χ1n) is 11.9. The Kier molecular flexibility index (Phi) is 7.53. The molecule has 0 aromatic heterocycles. The fourth-order valence-corrected chi connectivity index (χ4v) is 4.43. The summed E-state index contributed by atoms with van der Waals surface area (Å²) in [7, 11) is 3.99. The van der Waals surface area contributed by atoms with Crippen molar-refractivity contribution < 1.29 is 14.4 Å². The van der Waals surface area contributed by atoms with Crippen molar-refractivity contribution in [3.05, 3.63) is 83.9 Å². The standard InChI is InChI=1S/C28H31N5O3/c1-19(34)30-22-8-6-9-23(17-22)31-28(36)27(35)29-18-26(21-11-13-24(14-12-21)32(2)3)33-16-15-20-7-4-5-10-25(20)33/h4-14,17,26H,15-16,18H2,1-3H3,(H,29,35)(H,30,34)(H,31,36). The van der Waals surface area contributed by atoms with Crippen LogP contribution in [-0.4, -0.2) is 44.9 Å². The zero-order valence-electron chi connectivity index (χ0n) is 20.7. The van der Waals surface area contributed by atoms with Crippen molar-refractivity contribution in [3.63, 3.8) is 0 Å². The number of carbonyl (C=O) groups is 3. The SMILES string of the molecule is CC(=O)Nc1cccc(NC(=O)C(=O)NCC(c2ccc(N(C)C)cc2)N2CCc3ccccc32)c1. The van der Waals surface area contributed by atoms with Gasteiger partial charge in [0.25, 0.3) is 0 Å². The number of amides is 3. The lowest BCUT2D eigenvalue weighted by atomic mass is 10.0. The molecule has 1 aliphatic heterocycles. The third-order valence-corrected chi connectivity index (χ3v) is 6.20. The van der Waals surface area contributed by atoms with E-state index in [0.717, 1.165) is 29.9 Å². The lowest BCUT2D eigenvalue weighted by Crippen LogP contribution is -2.41. The van der Waals surface area contributed by atoms with Gasteiger partial charge in [0.15, 0.2) is 0 Å². The van der Waals surface area contributed by atoms with Gasteiger partial charge in [0, 0.05) is 56.9 Å². The molecular formula is C28H31N5O3. The first kappa shape index (κ1) is 24.8. The Balaban J connectivity index is 1.48. The Hall–Kier alpha value is -4.33. The minimum Gasteiger partial charge on any atom is -0.378 e. The zero-order chi connectivity index (χ0) is 25.7. The number of hydrogen-bond acceptors (Lipinski definition) is 5. The average Bonchev–Trinajstić information content (AvgIpc) is 3.28. The molecule has 4 rings (SSSR count). The second-order valence-corrected chi connectivity index (χ2v) is 9.00. The van der Waals surface area contributed by atoms with Crippen molar-refractivity contribution in [1.29, 1.82) is 0 Å². The van der Waals surface area contributed by atoms with Crippen molar-refractivity contribution in [1.82, 2.24) is 5.32 Å². The highest BCUT2D eigenvalue weighted by Crippen LogP contribution is 2.35. The van der Waals surface area contributed by atoms with E-state index in [1.54, 1.807) is 24.3 Å². The van der Waals surface area contributed by atoms with Crippen LogP contribution in [0, 0.1) is 0 Å². The van der Waals surface area contributed by atoms with Crippen molar-refractivity contribution >= 4 is 40.5 Å². The van der Waals surface area contributed by atoms with Crippen molar-refractivity contribution in [3.8, 4) is 0 Å². The highest BCUT2D eigenvalue weighted by Gasteiger charge is 2.28. The van der Waals surface area contributed by atoms with Gasteiger partial charge in [-0.3, -0.25) is 14.4 Å². The van der Waals surface area contributed by atoms with Crippen LogP contribution in [0.2, 0.25) is 0 Å². The molecule has 0 fully saturated rings. The number of nitrogens with zero attached hydrogens (tertiary/aromatic N) is 2. The highest BCUT2D eigenvalue weighted by molar-refractivity contribution is 6.39. The topological polar surface area (TPSA) is 93.8 Å². The Labute approximate surface area is 211 Å². The average molecular weight is 486 g/mol. The van der Waals surface area contributed by atoms with Crippen LogP contribution in [0.25, 0.3) is 0 Å². The quantitative estimate of drug-likeness (QED) is 0.445. The van der Waals surface area contributed by atoms with E-state index in [4.69, 9.17) is 0 Å².